The van der Waals surface area contributed by atoms with Crippen LogP contribution in [0.4, 0.5) is 13.2 Å². The Bertz CT molecular complexity index is 1520. The van der Waals surface area contributed by atoms with Gasteiger partial charge in [-0.05, 0) is 59.5 Å². The molecule has 0 spiro atoms. The number of piperidine rings is 1. The van der Waals surface area contributed by atoms with Crippen LogP contribution in [0.1, 0.15) is 56.3 Å². The van der Waals surface area contributed by atoms with Crippen molar-refractivity contribution in [3.8, 4) is 0 Å². The number of imide groups is 1. The topological polar surface area (TPSA) is 90.0 Å². The number of fused-ring (bicyclic) bond motifs is 1. The van der Waals surface area contributed by atoms with Crippen molar-refractivity contribution in [3.63, 3.8) is 0 Å². The second-order valence-electron chi connectivity index (χ2n) is 10.7. The summed E-state index contributed by atoms with van der Waals surface area (Å²) in [5.74, 6) is -3.56. The lowest BCUT2D eigenvalue weighted by Crippen LogP contribution is -2.52. The number of carbonyl (C=O) groups is 4. The quantitative estimate of drug-likeness (QED) is 0.471. The van der Waals surface area contributed by atoms with Gasteiger partial charge in [0.1, 0.15) is 23.5 Å². The zero-order valence-electron chi connectivity index (χ0n) is 22.5. The highest BCUT2D eigenvalue weighted by Crippen LogP contribution is 2.32. The van der Waals surface area contributed by atoms with Crippen molar-refractivity contribution in [2.45, 2.75) is 31.5 Å². The molecular weight excluding hydrogens is 549 g/mol. The Morgan fingerprint density at radius 2 is 1.43 bits per heavy atom. The summed E-state index contributed by atoms with van der Waals surface area (Å²) in [6, 6.07) is 13.5. The maximum atomic E-state index is 15.2. The van der Waals surface area contributed by atoms with Crippen LogP contribution in [0.15, 0.2) is 60.7 Å². The van der Waals surface area contributed by atoms with Gasteiger partial charge in [-0.1, -0.05) is 24.3 Å². The Balaban J connectivity index is 1.18. The van der Waals surface area contributed by atoms with Gasteiger partial charge in [0.05, 0.1) is 11.6 Å². The number of hydrogen-bond acceptors (Lipinski definition) is 5. The van der Waals surface area contributed by atoms with E-state index in [4.69, 9.17) is 0 Å². The van der Waals surface area contributed by atoms with Crippen molar-refractivity contribution < 1.29 is 32.3 Å². The number of halogens is 3. The molecule has 11 heteroatoms. The van der Waals surface area contributed by atoms with Crippen molar-refractivity contribution in [1.82, 2.24) is 20.0 Å². The van der Waals surface area contributed by atoms with Crippen molar-refractivity contribution >= 4 is 23.6 Å². The average Bonchev–Trinajstić information content (AvgIpc) is 3.29. The molecule has 42 heavy (non-hydrogen) atoms. The number of carbonyl (C=O) groups excluding carboxylic acids is 4. The van der Waals surface area contributed by atoms with Gasteiger partial charge >= 0.3 is 0 Å². The highest BCUT2D eigenvalue weighted by Gasteiger charge is 2.40. The summed E-state index contributed by atoms with van der Waals surface area (Å²) in [5.41, 5.74) is 2.02. The summed E-state index contributed by atoms with van der Waals surface area (Å²) in [4.78, 5) is 55.2. The van der Waals surface area contributed by atoms with E-state index in [0.29, 0.717) is 18.7 Å². The molecule has 216 valence electrons. The monoisotopic (exact) mass is 576 g/mol. The van der Waals surface area contributed by atoms with E-state index in [1.807, 2.05) is 0 Å². The first-order chi connectivity index (χ1) is 20.2. The number of nitrogens with one attached hydrogen (secondary N) is 1. The molecule has 0 aliphatic carbocycles. The van der Waals surface area contributed by atoms with E-state index in [1.165, 1.54) is 35.2 Å². The molecule has 2 fully saturated rings. The Labute approximate surface area is 239 Å². The van der Waals surface area contributed by atoms with E-state index < -0.39 is 35.5 Å². The van der Waals surface area contributed by atoms with Crippen molar-refractivity contribution in [3.05, 3.63) is 106 Å². The third-order valence-electron chi connectivity index (χ3n) is 8.18. The highest BCUT2D eigenvalue weighted by atomic mass is 19.1. The first-order valence-electron chi connectivity index (χ1n) is 13.7. The van der Waals surface area contributed by atoms with Crippen LogP contribution in [0, 0.1) is 17.5 Å². The Morgan fingerprint density at radius 1 is 0.833 bits per heavy atom. The lowest BCUT2D eigenvalue weighted by molar-refractivity contribution is -0.136. The van der Waals surface area contributed by atoms with Gasteiger partial charge in [-0.3, -0.25) is 29.4 Å². The van der Waals surface area contributed by atoms with Gasteiger partial charge in [-0.2, -0.15) is 0 Å². The third kappa shape index (κ3) is 5.16. The van der Waals surface area contributed by atoms with Gasteiger partial charge in [-0.25, -0.2) is 13.2 Å². The van der Waals surface area contributed by atoms with Gasteiger partial charge < -0.3 is 9.80 Å². The number of nitrogens with zero attached hydrogens (tertiary/aromatic N) is 3. The van der Waals surface area contributed by atoms with Crippen molar-refractivity contribution in [1.29, 1.82) is 0 Å². The summed E-state index contributed by atoms with van der Waals surface area (Å²) in [5, 5.41) is 2.23. The normalized spacial score (nSPS) is 19.3. The van der Waals surface area contributed by atoms with Crippen LogP contribution in [0.2, 0.25) is 0 Å². The van der Waals surface area contributed by atoms with Crippen LogP contribution in [-0.2, 0) is 16.1 Å². The van der Waals surface area contributed by atoms with E-state index in [1.54, 1.807) is 29.2 Å². The molecule has 1 unspecified atom stereocenters. The minimum Gasteiger partial charge on any atom is -0.336 e. The maximum absolute atomic E-state index is 15.2. The molecule has 8 nitrogen and oxygen atoms in total. The third-order valence-corrected chi connectivity index (χ3v) is 8.18. The van der Waals surface area contributed by atoms with Crippen molar-refractivity contribution in [2.24, 2.45) is 0 Å². The highest BCUT2D eigenvalue weighted by molar-refractivity contribution is 6.06. The van der Waals surface area contributed by atoms with Crippen LogP contribution >= 0.6 is 0 Å². The maximum Gasteiger partial charge on any atom is 0.256 e. The molecule has 1 N–H and O–H groups in total. The SMILES string of the molecule is O=C1CCC(N2Cc3cc(C(=O)N4CCN(C(c5ccc(F)cc5)c5ccc(F)cc5)CC4)c(F)cc3C2=O)C(=O)N1. The largest absolute Gasteiger partial charge is 0.336 e. The summed E-state index contributed by atoms with van der Waals surface area (Å²) in [6.07, 6.45) is 0.281. The van der Waals surface area contributed by atoms with Gasteiger partial charge in [0.25, 0.3) is 11.8 Å². The van der Waals surface area contributed by atoms with Gasteiger partial charge in [-0.15, -0.1) is 0 Å². The fourth-order valence-corrected chi connectivity index (χ4v) is 6.01. The number of piperazine rings is 1. The first-order valence-corrected chi connectivity index (χ1v) is 13.7. The molecule has 0 bridgehead atoms. The molecule has 3 aromatic rings. The zero-order chi connectivity index (χ0) is 29.5. The van der Waals surface area contributed by atoms with Crippen LogP contribution in [0.25, 0.3) is 0 Å². The van der Waals surface area contributed by atoms with E-state index in [-0.39, 0.29) is 61.3 Å². The summed E-state index contributed by atoms with van der Waals surface area (Å²) >= 11 is 0. The Morgan fingerprint density at radius 3 is 2.00 bits per heavy atom. The second kappa shape index (κ2) is 11.1. The van der Waals surface area contributed by atoms with Gasteiger partial charge in [0, 0.05) is 44.7 Å². The van der Waals surface area contributed by atoms with Gasteiger partial charge in [0.15, 0.2) is 0 Å². The molecule has 3 aliphatic heterocycles. The van der Waals surface area contributed by atoms with Gasteiger partial charge in [0.2, 0.25) is 11.8 Å². The number of benzene rings is 3. The molecule has 6 rings (SSSR count). The number of rotatable bonds is 5. The number of hydrogen-bond donors (Lipinski definition) is 1. The van der Waals surface area contributed by atoms with Crippen molar-refractivity contribution in [2.75, 3.05) is 26.2 Å². The minimum atomic E-state index is -0.840. The lowest BCUT2D eigenvalue weighted by atomic mass is 9.96. The van der Waals surface area contributed by atoms with Crippen LogP contribution < -0.4 is 5.32 Å². The zero-order valence-corrected chi connectivity index (χ0v) is 22.5. The van der Waals surface area contributed by atoms with Crippen LogP contribution in [-0.4, -0.2) is 70.5 Å². The molecule has 0 radical (unpaired) electrons. The summed E-state index contributed by atoms with van der Waals surface area (Å²) < 4.78 is 42.5. The number of amides is 4. The molecule has 3 aromatic carbocycles. The molecular formula is C31H27F3N4O4. The van der Waals surface area contributed by atoms with E-state index in [2.05, 4.69) is 10.2 Å². The molecule has 2 saturated heterocycles. The predicted molar refractivity (Wildman–Crippen MR) is 145 cm³/mol. The van der Waals surface area contributed by atoms with E-state index in [0.717, 1.165) is 17.2 Å². The Kier molecular flexibility index (Phi) is 7.28. The van der Waals surface area contributed by atoms with Crippen LogP contribution in [0.5, 0.6) is 0 Å². The molecule has 0 aromatic heterocycles. The standard InChI is InChI=1S/C31H27F3N4O4/c32-21-5-1-18(2-6-21)28(19-3-7-22(33)8-4-19)36-11-13-37(14-12-36)30(41)24-15-20-17-38(31(42)23(20)16-25(24)34)26-9-10-27(39)35-29(26)40/h1-8,15-16,26,28H,9-14,17H2,(H,35,39,40). The predicted octanol–water partition coefficient (Wildman–Crippen LogP) is 3.41. The molecule has 3 aliphatic rings. The summed E-state index contributed by atoms with van der Waals surface area (Å²) in [7, 11) is 0. The Hall–Kier alpha value is -4.51. The second-order valence-corrected chi connectivity index (χ2v) is 10.7. The molecule has 4 amide bonds. The first kappa shape index (κ1) is 27.6. The van der Waals surface area contributed by atoms with E-state index in [9.17, 15) is 28.0 Å². The molecule has 3 heterocycles. The molecule has 0 saturated carbocycles. The molecule has 1 atom stereocenters. The summed E-state index contributed by atoms with van der Waals surface area (Å²) in [6.45, 7) is 1.47. The van der Waals surface area contributed by atoms with Crippen LogP contribution in [0.3, 0.4) is 0 Å². The fraction of sp³-hybridized carbons (Fsp3) is 0.290. The van der Waals surface area contributed by atoms with E-state index >= 15 is 4.39 Å². The lowest BCUT2D eigenvalue weighted by Gasteiger charge is -2.40. The average molecular weight is 577 g/mol. The minimum absolute atomic E-state index is 0.0335. The smallest absolute Gasteiger partial charge is 0.256 e. The fourth-order valence-electron chi connectivity index (χ4n) is 6.01.